The molecule has 4 aromatic rings. The third-order valence-corrected chi connectivity index (χ3v) is 5.99. The van der Waals surface area contributed by atoms with Crippen LogP contribution in [0.1, 0.15) is 22.6 Å². The SMILES string of the molecule is O=C(NC(Cc1ccc2[nH]ccc2c1)C(=O)O)OCC1c2ccccc2-c2ccccc21. The van der Waals surface area contributed by atoms with E-state index in [-0.39, 0.29) is 18.9 Å². The Bertz CT molecular complexity index is 1260. The van der Waals surface area contributed by atoms with Gasteiger partial charge in [-0.25, -0.2) is 9.59 Å². The van der Waals surface area contributed by atoms with Gasteiger partial charge >= 0.3 is 12.1 Å². The molecule has 0 aliphatic heterocycles. The van der Waals surface area contributed by atoms with Gasteiger partial charge in [0.1, 0.15) is 12.6 Å². The lowest BCUT2D eigenvalue weighted by atomic mass is 9.98. The van der Waals surface area contributed by atoms with Crippen LogP contribution in [-0.4, -0.2) is 34.8 Å². The zero-order chi connectivity index (χ0) is 22.1. The first kappa shape index (κ1) is 19.9. The Morgan fingerprint density at radius 1 is 0.969 bits per heavy atom. The van der Waals surface area contributed by atoms with Gasteiger partial charge in [-0.05, 0) is 51.4 Å². The number of H-pyrrole nitrogens is 1. The third kappa shape index (κ3) is 3.71. The van der Waals surface area contributed by atoms with Gasteiger partial charge in [0.2, 0.25) is 0 Å². The summed E-state index contributed by atoms with van der Waals surface area (Å²) in [5.41, 5.74) is 6.29. The predicted octanol–water partition coefficient (Wildman–Crippen LogP) is 4.70. The van der Waals surface area contributed by atoms with Crippen molar-refractivity contribution in [1.29, 1.82) is 0 Å². The molecule has 0 radical (unpaired) electrons. The highest BCUT2D eigenvalue weighted by Crippen LogP contribution is 2.44. The predicted molar refractivity (Wildman–Crippen MR) is 122 cm³/mol. The molecule has 1 aliphatic rings. The van der Waals surface area contributed by atoms with Crippen molar-refractivity contribution in [3.05, 3.63) is 95.7 Å². The number of hydrogen-bond donors (Lipinski definition) is 3. The Morgan fingerprint density at radius 2 is 1.66 bits per heavy atom. The molecule has 32 heavy (non-hydrogen) atoms. The highest BCUT2D eigenvalue weighted by atomic mass is 16.5. The molecule has 1 amide bonds. The fourth-order valence-electron chi connectivity index (χ4n) is 4.45. The monoisotopic (exact) mass is 426 g/mol. The molecule has 0 bridgehead atoms. The van der Waals surface area contributed by atoms with Crippen LogP contribution >= 0.6 is 0 Å². The average Bonchev–Trinajstić information content (AvgIpc) is 3.39. The van der Waals surface area contributed by atoms with Gasteiger partial charge in [0.25, 0.3) is 0 Å². The highest BCUT2D eigenvalue weighted by Gasteiger charge is 2.29. The Balaban J connectivity index is 1.27. The number of ether oxygens (including phenoxy) is 1. The van der Waals surface area contributed by atoms with Crippen molar-refractivity contribution in [2.24, 2.45) is 0 Å². The van der Waals surface area contributed by atoms with E-state index in [0.29, 0.717) is 0 Å². The lowest BCUT2D eigenvalue weighted by Gasteiger charge is -2.17. The van der Waals surface area contributed by atoms with E-state index in [0.717, 1.165) is 38.7 Å². The van der Waals surface area contributed by atoms with E-state index in [1.165, 1.54) is 0 Å². The topological polar surface area (TPSA) is 91.4 Å². The summed E-state index contributed by atoms with van der Waals surface area (Å²) in [4.78, 5) is 27.4. The number of hydrogen-bond acceptors (Lipinski definition) is 3. The second kappa shape index (κ2) is 8.23. The summed E-state index contributed by atoms with van der Waals surface area (Å²) in [6.45, 7) is 0.140. The molecule has 3 aromatic carbocycles. The largest absolute Gasteiger partial charge is 0.480 e. The molecule has 1 unspecified atom stereocenters. The van der Waals surface area contributed by atoms with E-state index >= 15 is 0 Å². The van der Waals surface area contributed by atoms with Gasteiger partial charge in [0.15, 0.2) is 0 Å². The summed E-state index contributed by atoms with van der Waals surface area (Å²) in [6, 6.07) is 22.7. The Hall–Kier alpha value is -4.06. The minimum absolute atomic E-state index is 0.0765. The van der Waals surface area contributed by atoms with Crippen LogP contribution in [0.5, 0.6) is 0 Å². The highest BCUT2D eigenvalue weighted by molar-refractivity contribution is 5.83. The smallest absolute Gasteiger partial charge is 0.407 e. The van der Waals surface area contributed by atoms with Crippen LogP contribution in [0.2, 0.25) is 0 Å². The fourth-order valence-corrected chi connectivity index (χ4v) is 4.45. The van der Waals surface area contributed by atoms with Crippen LogP contribution < -0.4 is 5.32 Å². The van der Waals surface area contributed by atoms with Crippen molar-refractivity contribution in [2.45, 2.75) is 18.4 Å². The molecule has 6 nitrogen and oxygen atoms in total. The normalized spacial score (nSPS) is 13.4. The zero-order valence-electron chi connectivity index (χ0n) is 17.2. The summed E-state index contributed by atoms with van der Waals surface area (Å²) in [5.74, 6) is -1.18. The lowest BCUT2D eigenvalue weighted by molar-refractivity contribution is -0.139. The van der Waals surface area contributed by atoms with Crippen LogP contribution in [0.15, 0.2) is 79.0 Å². The molecule has 1 aromatic heterocycles. The summed E-state index contributed by atoms with van der Waals surface area (Å²) >= 11 is 0. The molecule has 0 saturated heterocycles. The van der Waals surface area contributed by atoms with Crippen molar-refractivity contribution >= 4 is 23.0 Å². The lowest BCUT2D eigenvalue weighted by Crippen LogP contribution is -2.42. The minimum Gasteiger partial charge on any atom is -0.480 e. The molecule has 0 saturated carbocycles. The molecular weight excluding hydrogens is 404 g/mol. The number of aliphatic carboxylic acids is 1. The maximum absolute atomic E-state index is 12.5. The van der Waals surface area contributed by atoms with Crippen molar-refractivity contribution in [2.75, 3.05) is 6.61 Å². The number of carbonyl (C=O) groups is 2. The first-order valence-corrected chi connectivity index (χ1v) is 10.5. The van der Waals surface area contributed by atoms with Crippen LogP contribution in [0.25, 0.3) is 22.0 Å². The Labute approximate surface area is 184 Å². The number of carbonyl (C=O) groups excluding carboxylic acids is 1. The summed E-state index contributed by atoms with van der Waals surface area (Å²) < 4.78 is 5.50. The van der Waals surface area contributed by atoms with E-state index in [1.54, 1.807) is 0 Å². The molecule has 3 N–H and O–H groups in total. The zero-order valence-corrected chi connectivity index (χ0v) is 17.2. The summed E-state index contributed by atoms with van der Waals surface area (Å²) in [5, 5.41) is 13.1. The van der Waals surface area contributed by atoms with E-state index in [1.807, 2.05) is 66.9 Å². The van der Waals surface area contributed by atoms with Crippen LogP contribution in [0.4, 0.5) is 4.79 Å². The van der Waals surface area contributed by atoms with Gasteiger partial charge in [0, 0.05) is 24.1 Å². The molecule has 160 valence electrons. The molecular formula is C26H22N2O4. The number of benzene rings is 3. The van der Waals surface area contributed by atoms with E-state index in [2.05, 4.69) is 22.4 Å². The molecule has 0 fully saturated rings. The van der Waals surface area contributed by atoms with Gasteiger partial charge in [-0.2, -0.15) is 0 Å². The number of carboxylic acids is 1. The van der Waals surface area contributed by atoms with Crippen LogP contribution in [0.3, 0.4) is 0 Å². The van der Waals surface area contributed by atoms with Crippen LogP contribution in [-0.2, 0) is 16.0 Å². The van der Waals surface area contributed by atoms with E-state index in [4.69, 9.17) is 4.74 Å². The quantitative estimate of drug-likeness (QED) is 0.417. The maximum atomic E-state index is 12.5. The summed E-state index contributed by atoms with van der Waals surface area (Å²) in [6.07, 6.45) is 1.26. The number of fused-ring (bicyclic) bond motifs is 4. The molecule has 1 aliphatic carbocycles. The molecule has 5 rings (SSSR count). The summed E-state index contributed by atoms with van der Waals surface area (Å²) in [7, 11) is 0. The van der Waals surface area contributed by atoms with Gasteiger partial charge in [-0.15, -0.1) is 0 Å². The average molecular weight is 426 g/mol. The van der Waals surface area contributed by atoms with Crippen molar-refractivity contribution < 1.29 is 19.4 Å². The number of aromatic nitrogens is 1. The molecule has 0 spiro atoms. The van der Waals surface area contributed by atoms with Crippen molar-refractivity contribution in [3.8, 4) is 11.1 Å². The number of alkyl carbamates (subject to hydrolysis) is 1. The fraction of sp³-hybridized carbons (Fsp3) is 0.154. The number of carboxylic acid groups (broad SMARTS) is 1. The maximum Gasteiger partial charge on any atom is 0.407 e. The molecule has 1 heterocycles. The van der Waals surface area contributed by atoms with Gasteiger partial charge in [0.05, 0.1) is 0 Å². The minimum atomic E-state index is -1.10. The van der Waals surface area contributed by atoms with Crippen molar-refractivity contribution in [1.82, 2.24) is 10.3 Å². The number of amides is 1. The molecule has 6 heteroatoms. The van der Waals surface area contributed by atoms with Gasteiger partial charge in [-0.1, -0.05) is 54.6 Å². The Morgan fingerprint density at radius 3 is 2.34 bits per heavy atom. The van der Waals surface area contributed by atoms with E-state index in [9.17, 15) is 14.7 Å². The number of aromatic amines is 1. The Kier molecular flexibility index (Phi) is 5.11. The standard InChI is InChI=1S/C26H22N2O4/c29-25(30)24(14-16-9-10-23-17(13-16)11-12-27-23)28-26(31)32-15-22-20-7-3-1-5-18(20)19-6-2-4-8-21(19)22/h1-13,22,24,27H,14-15H2,(H,28,31)(H,29,30). The van der Waals surface area contributed by atoms with Gasteiger partial charge < -0.3 is 20.1 Å². The third-order valence-electron chi connectivity index (χ3n) is 5.99. The van der Waals surface area contributed by atoms with E-state index < -0.39 is 18.1 Å². The first-order chi connectivity index (χ1) is 15.6. The number of nitrogens with one attached hydrogen (secondary N) is 2. The van der Waals surface area contributed by atoms with Crippen molar-refractivity contribution in [3.63, 3.8) is 0 Å². The second-order valence-electron chi connectivity index (χ2n) is 7.96. The molecule has 1 atom stereocenters. The number of rotatable bonds is 6. The second-order valence-corrected chi connectivity index (χ2v) is 7.96. The first-order valence-electron chi connectivity index (χ1n) is 10.5. The van der Waals surface area contributed by atoms with Gasteiger partial charge in [-0.3, -0.25) is 0 Å². The van der Waals surface area contributed by atoms with Crippen LogP contribution in [0, 0.1) is 0 Å².